The number of ether oxygens (including phenoxy) is 2. The standard InChI is InChI=1S/C13H16F3NO2/c14-13(15,16)19-12-4-2-1-3-11(12)18-8-7-17-9-10-5-6-10/h1-4,10,17H,5-9H2. The second kappa shape index (κ2) is 6.14. The molecule has 0 amide bonds. The fourth-order valence-electron chi connectivity index (χ4n) is 1.64. The van der Waals surface area contributed by atoms with E-state index in [9.17, 15) is 13.2 Å². The molecule has 0 aromatic heterocycles. The Bertz CT molecular complexity index is 405. The molecule has 0 bridgehead atoms. The van der Waals surface area contributed by atoms with Crippen molar-refractivity contribution in [2.45, 2.75) is 19.2 Å². The van der Waals surface area contributed by atoms with Crippen LogP contribution < -0.4 is 14.8 Å². The molecule has 19 heavy (non-hydrogen) atoms. The van der Waals surface area contributed by atoms with Gasteiger partial charge >= 0.3 is 6.36 Å². The van der Waals surface area contributed by atoms with Gasteiger partial charge in [-0.3, -0.25) is 0 Å². The van der Waals surface area contributed by atoms with Gasteiger partial charge in [-0.05, 0) is 37.4 Å². The molecule has 2 rings (SSSR count). The average molecular weight is 275 g/mol. The van der Waals surface area contributed by atoms with Crippen molar-refractivity contribution in [3.05, 3.63) is 24.3 Å². The van der Waals surface area contributed by atoms with E-state index in [1.54, 1.807) is 6.07 Å². The predicted molar refractivity (Wildman–Crippen MR) is 64.2 cm³/mol. The van der Waals surface area contributed by atoms with Crippen LogP contribution in [0.25, 0.3) is 0 Å². The molecule has 1 aliphatic rings. The average Bonchev–Trinajstić information content (AvgIpc) is 3.13. The minimum Gasteiger partial charge on any atom is -0.488 e. The first-order valence-electron chi connectivity index (χ1n) is 6.23. The van der Waals surface area contributed by atoms with Gasteiger partial charge in [0.15, 0.2) is 11.5 Å². The Balaban J connectivity index is 1.77. The second-order valence-electron chi connectivity index (χ2n) is 4.49. The summed E-state index contributed by atoms with van der Waals surface area (Å²) in [6.07, 6.45) is -2.18. The number of para-hydroxylation sites is 2. The third-order valence-electron chi connectivity index (χ3n) is 2.74. The summed E-state index contributed by atoms with van der Waals surface area (Å²) in [5, 5.41) is 3.20. The van der Waals surface area contributed by atoms with Gasteiger partial charge in [-0.25, -0.2) is 0 Å². The topological polar surface area (TPSA) is 30.5 Å². The SMILES string of the molecule is FC(F)(F)Oc1ccccc1OCCNCC1CC1. The van der Waals surface area contributed by atoms with Crippen LogP contribution in [0, 0.1) is 5.92 Å². The zero-order valence-corrected chi connectivity index (χ0v) is 10.4. The lowest BCUT2D eigenvalue weighted by molar-refractivity contribution is -0.275. The molecular weight excluding hydrogens is 259 g/mol. The number of rotatable bonds is 7. The predicted octanol–water partition coefficient (Wildman–Crippen LogP) is 2.96. The van der Waals surface area contributed by atoms with Gasteiger partial charge in [-0.15, -0.1) is 13.2 Å². The van der Waals surface area contributed by atoms with E-state index in [1.807, 2.05) is 0 Å². The van der Waals surface area contributed by atoms with Crippen molar-refractivity contribution < 1.29 is 22.6 Å². The highest BCUT2D eigenvalue weighted by molar-refractivity contribution is 5.39. The largest absolute Gasteiger partial charge is 0.573 e. The van der Waals surface area contributed by atoms with Gasteiger partial charge in [0.2, 0.25) is 0 Å². The van der Waals surface area contributed by atoms with Crippen molar-refractivity contribution in [1.82, 2.24) is 5.32 Å². The van der Waals surface area contributed by atoms with Crippen LogP contribution in [0.5, 0.6) is 11.5 Å². The van der Waals surface area contributed by atoms with Crippen molar-refractivity contribution in [1.29, 1.82) is 0 Å². The highest BCUT2D eigenvalue weighted by atomic mass is 19.4. The molecular formula is C13H16F3NO2. The van der Waals surface area contributed by atoms with E-state index in [0.29, 0.717) is 13.2 Å². The molecule has 3 nitrogen and oxygen atoms in total. The number of nitrogens with one attached hydrogen (secondary N) is 1. The van der Waals surface area contributed by atoms with Crippen molar-refractivity contribution in [2.24, 2.45) is 5.92 Å². The lowest BCUT2D eigenvalue weighted by Gasteiger charge is -2.14. The quantitative estimate of drug-likeness (QED) is 0.776. The summed E-state index contributed by atoms with van der Waals surface area (Å²) in [6, 6.07) is 5.78. The maximum absolute atomic E-state index is 12.2. The van der Waals surface area contributed by atoms with E-state index in [4.69, 9.17) is 4.74 Å². The molecule has 0 saturated heterocycles. The summed E-state index contributed by atoms with van der Waals surface area (Å²) < 4.78 is 45.7. The van der Waals surface area contributed by atoms with E-state index in [-0.39, 0.29) is 11.5 Å². The van der Waals surface area contributed by atoms with E-state index < -0.39 is 6.36 Å². The highest BCUT2D eigenvalue weighted by Crippen LogP contribution is 2.31. The maximum Gasteiger partial charge on any atom is 0.573 e. The Morgan fingerprint density at radius 2 is 1.84 bits per heavy atom. The number of hydrogen-bond acceptors (Lipinski definition) is 3. The molecule has 1 N–H and O–H groups in total. The number of halogens is 3. The summed E-state index contributed by atoms with van der Waals surface area (Å²) in [5.41, 5.74) is 0. The summed E-state index contributed by atoms with van der Waals surface area (Å²) in [5.74, 6) is 0.561. The minimum atomic E-state index is -4.70. The van der Waals surface area contributed by atoms with E-state index >= 15 is 0 Å². The molecule has 0 aliphatic heterocycles. The van der Waals surface area contributed by atoms with Gasteiger partial charge in [-0.1, -0.05) is 12.1 Å². The molecule has 1 aromatic carbocycles. The molecule has 0 radical (unpaired) electrons. The molecule has 106 valence electrons. The van der Waals surface area contributed by atoms with Crippen LogP contribution in [-0.2, 0) is 0 Å². The summed E-state index contributed by atoms with van der Waals surface area (Å²) in [7, 11) is 0. The molecule has 1 fully saturated rings. The fourth-order valence-corrected chi connectivity index (χ4v) is 1.64. The third-order valence-corrected chi connectivity index (χ3v) is 2.74. The first-order chi connectivity index (χ1) is 9.04. The Morgan fingerprint density at radius 3 is 2.47 bits per heavy atom. The first kappa shape index (κ1) is 14.0. The van der Waals surface area contributed by atoms with Crippen LogP contribution in [-0.4, -0.2) is 26.1 Å². The van der Waals surface area contributed by atoms with Crippen molar-refractivity contribution in [3.63, 3.8) is 0 Å². The highest BCUT2D eigenvalue weighted by Gasteiger charge is 2.32. The number of hydrogen-bond donors (Lipinski definition) is 1. The molecule has 0 heterocycles. The van der Waals surface area contributed by atoms with Crippen molar-refractivity contribution in [3.8, 4) is 11.5 Å². The lowest BCUT2D eigenvalue weighted by Crippen LogP contribution is -2.23. The zero-order valence-electron chi connectivity index (χ0n) is 10.4. The minimum absolute atomic E-state index is 0.105. The van der Waals surface area contributed by atoms with Crippen LogP contribution >= 0.6 is 0 Å². The van der Waals surface area contributed by atoms with Gasteiger partial charge < -0.3 is 14.8 Å². The van der Waals surface area contributed by atoms with Crippen LogP contribution in [0.1, 0.15) is 12.8 Å². The Hall–Kier alpha value is -1.43. The van der Waals surface area contributed by atoms with Crippen LogP contribution in [0.15, 0.2) is 24.3 Å². The van der Waals surface area contributed by atoms with Crippen LogP contribution in [0.2, 0.25) is 0 Å². The van der Waals surface area contributed by atoms with Gasteiger partial charge in [0.25, 0.3) is 0 Å². The summed E-state index contributed by atoms with van der Waals surface area (Å²) in [4.78, 5) is 0. The Morgan fingerprint density at radius 1 is 1.16 bits per heavy atom. The van der Waals surface area contributed by atoms with Gasteiger partial charge in [0.05, 0.1) is 0 Å². The molecule has 0 unspecified atom stereocenters. The first-order valence-corrected chi connectivity index (χ1v) is 6.23. The fraction of sp³-hybridized carbons (Fsp3) is 0.538. The Labute approximate surface area is 109 Å². The van der Waals surface area contributed by atoms with Crippen molar-refractivity contribution in [2.75, 3.05) is 19.7 Å². The Kier molecular flexibility index (Phi) is 4.52. The third kappa shape index (κ3) is 5.38. The number of alkyl halides is 3. The maximum atomic E-state index is 12.2. The lowest BCUT2D eigenvalue weighted by atomic mass is 10.3. The summed E-state index contributed by atoms with van der Waals surface area (Å²) in [6.45, 7) is 1.87. The molecule has 0 atom stereocenters. The monoisotopic (exact) mass is 275 g/mol. The molecule has 0 spiro atoms. The van der Waals surface area contributed by atoms with E-state index in [1.165, 1.54) is 31.0 Å². The number of benzene rings is 1. The van der Waals surface area contributed by atoms with Crippen LogP contribution in [0.3, 0.4) is 0 Å². The molecule has 6 heteroatoms. The normalized spacial score (nSPS) is 15.3. The molecule has 1 saturated carbocycles. The molecule has 1 aliphatic carbocycles. The van der Waals surface area contributed by atoms with Gasteiger partial charge in [0, 0.05) is 6.54 Å². The van der Waals surface area contributed by atoms with E-state index in [2.05, 4.69) is 10.1 Å². The smallest absolute Gasteiger partial charge is 0.488 e. The zero-order chi connectivity index (χ0) is 13.7. The van der Waals surface area contributed by atoms with E-state index in [0.717, 1.165) is 12.5 Å². The molecule has 1 aromatic rings. The van der Waals surface area contributed by atoms with Crippen LogP contribution in [0.4, 0.5) is 13.2 Å². The summed E-state index contributed by atoms with van der Waals surface area (Å²) >= 11 is 0. The van der Waals surface area contributed by atoms with Gasteiger partial charge in [0.1, 0.15) is 6.61 Å². The second-order valence-corrected chi connectivity index (χ2v) is 4.49. The van der Waals surface area contributed by atoms with Crippen molar-refractivity contribution >= 4 is 0 Å². The van der Waals surface area contributed by atoms with Gasteiger partial charge in [-0.2, -0.15) is 0 Å².